The Morgan fingerprint density at radius 2 is 1.72 bits per heavy atom. The van der Waals surface area contributed by atoms with Crippen molar-refractivity contribution in [2.24, 2.45) is 0 Å². The van der Waals surface area contributed by atoms with Crippen molar-refractivity contribution in [3.63, 3.8) is 0 Å². The Hall–Kier alpha value is -2.95. The van der Waals surface area contributed by atoms with Crippen LogP contribution in [0.4, 0.5) is 4.39 Å². The SMILES string of the molecule is Cc1ccc2oc(C(=O)N3[C@@H]4CC[C@H]3CC(c3ccc(F)cc3)C4)cc(=O)c2c1. The number of carbonyl (C=O) groups excluding carboxylic acids is 1. The molecule has 2 saturated heterocycles. The zero-order valence-corrected chi connectivity index (χ0v) is 16.2. The fourth-order valence-electron chi connectivity index (χ4n) is 5.02. The molecule has 2 bridgehead atoms. The number of fused-ring (bicyclic) bond motifs is 3. The molecule has 1 unspecified atom stereocenters. The van der Waals surface area contributed by atoms with Crippen LogP contribution < -0.4 is 5.43 Å². The van der Waals surface area contributed by atoms with Gasteiger partial charge in [-0.25, -0.2) is 4.39 Å². The Bertz CT molecular complexity index is 1140. The summed E-state index contributed by atoms with van der Waals surface area (Å²) in [5.74, 6) is 0.00714. The number of hydrogen-bond donors (Lipinski definition) is 0. The monoisotopic (exact) mass is 391 g/mol. The van der Waals surface area contributed by atoms with Crippen LogP contribution in [-0.2, 0) is 0 Å². The van der Waals surface area contributed by atoms with E-state index in [0.29, 0.717) is 16.9 Å². The minimum Gasteiger partial charge on any atom is -0.451 e. The summed E-state index contributed by atoms with van der Waals surface area (Å²) in [6.45, 7) is 1.92. The first-order chi connectivity index (χ1) is 14.0. The van der Waals surface area contributed by atoms with Crippen LogP contribution in [0.2, 0.25) is 0 Å². The molecule has 3 heterocycles. The van der Waals surface area contributed by atoms with Crippen LogP contribution in [0.15, 0.2) is 57.7 Å². The van der Waals surface area contributed by atoms with E-state index in [0.717, 1.165) is 36.8 Å². The van der Waals surface area contributed by atoms with Crippen LogP contribution >= 0.6 is 0 Å². The smallest absolute Gasteiger partial charge is 0.290 e. The fourth-order valence-corrected chi connectivity index (χ4v) is 5.02. The van der Waals surface area contributed by atoms with E-state index in [-0.39, 0.29) is 35.0 Å². The number of rotatable bonds is 2. The molecule has 1 aromatic heterocycles. The summed E-state index contributed by atoms with van der Waals surface area (Å²) < 4.78 is 19.1. The summed E-state index contributed by atoms with van der Waals surface area (Å²) in [6.07, 6.45) is 3.60. The van der Waals surface area contributed by atoms with Gasteiger partial charge in [0.05, 0.1) is 5.39 Å². The largest absolute Gasteiger partial charge is 0.451 e. The van der Waals surface area contributed by atoms with E-state index < -0.39 is 0 Å². The molecule has 0 N–H and O–H groups in total. The molecule has 4 nitrogen and oxygen atoms in total. The number of halogens is 1. The lowest BCUT2D eigenvalue weighted by Gasteiger charge is -2.39. The molecule has 3 atom stereocenters. The Kier molecular flexibility index (Phi) is 4.26. The number of aryl methyl sites for hydroxylation is 1. The summed E-state index contributed by atoms with van der Waals surface area (Å²) in [5, 5.41) is 0.500. The van der Waals surface area contributed by atoms with Crippen molar-refractivity contribution in [3.8, 4) is 0 Å². The molecule has 1 amide bonds. The van der Waals surface area contributed by atoms with E-state index in [4.69, 9.17) is 4.42 Å². The lowest BCUT2D eigenvalue weighted by molar-refractivity contribution is 0.0539. The average Bonchev–Trinajstić information content (AvgIpc) is 2.97. The molecule has 3 aromatic rings. The van der Waals surface area contributed by atoms with Gasteiger partial charge in [-0.1, -0.05) is 23.8 Å². The second kappa shape index (κ2) is 6.83. The molecule has 5 heteroatoms. The highest BCUT2D eigenvalue weighted by Crippen LogP contribution is 2.43. The van der Waals surface area contributed by atoms with E-state index in [1.807, 2.05) is 30.0 Å². The maximum atomic E-state index is 13.3. The number of piperidine rings is 1. The number of hydrogen-bond acceptors (Lipinski definition) is 3. The third-order valence-electron chi connectivity index (χ3n) is 6.40. The zero-order chi connectivity index (χ0) is 20.1. The van der Waals surface area contributed by atoms with Crippen LogP contribution in [0.25, 0.3) is 11.0 Å². The highest BCUT2D eigenvalue weighted by molar-refractivity contribution is 5.94. The molecule has 29 heavy (non-hydrogen) atoms. The van der Waals surface area contributed by atoms with Crippen LogP contribution in [0.3, 0.4) is 0 Å². The van der Waals surface area contributed by atoms with Crippen molar-refractivity contribution in [2.45, 2.75) is 50.6 Å². The van der Waals surface area contributed by atoms with Gasteiger partial charge in [0.1, 0.15) is 11.4 Å². The number of amides is 1. The number of carbonyl (C=O) groups is 1. The Morgan fingerprint density at radius 3 is 2.41 bits per heavy atom. The maximum absolute atomic E-state index is 13.3. The van der Waals surface area contributed by atoms with Crippen LogP contribution in [0, 0.1) is 12.7 Å². The molecule has 5 rings (SSSR count). The van der Waals surface area contributed by atoms with Crippen molar-refractivity contribution in [1.82, 2.24) is 4.90 Å². The first-order valence-electron chi connectivity index (χ1n) is 10.1. The normalized spacial score (nSPS) is 23.5. The Labute approximate surface area is 167 Å². The third-order valence-corrected chi connectivity index (χ3v) is 6.40. The standard InChI is InChI=1S/C24H22FNO3/c1-14-2-9-22-20(10-14)21(27)13-23(29-22)24(28)26-18-7-8-19(26)12-16(11-18)15-3-5-17(25)6-4-15/h2-6,9-10,13,16,18-19H,7-8,11-12H2,1H3/t16?,18-,19+. The second-order valence-corrected chi connectivity index (χ2v) is 8.29. The van der Waals surface area contributed by atoms with Gasteiger partial charge < -0.3 is 9.32 Å². The highest BCUT2D eigenvalue weighted by Gasteiger charge is 2.44. The molecule has 0 radical (unpaired) electrons. The van der Waals surface area contributed by atoms with E-state index in [1.165, 1.54) is 18.2 Å². The maximum Gasteiger partial charge on any atom is 0.290 e. The molecule has 2 aromatic carbocycles. The molecule has 2 fully saturated rings. The molecule has 0 aliphatic carbocycles. The lowest BCUT2D eigenvalue weighted by atomic mass is 9.85. The van der Waals surface area contributed by atoms with Crippen molar-refractivity contribution in [1.29, 1.82) is 0 Å². The second-order valence-electron chi connectivity index (χ2n) is 8.29. The van der Waals surface area contributed by atoms with Gasteiger partial charge in [-0.15, -0.1) is 0 Å². The molecule has 148 valence electrons. The van der Waals surface area contributed by atoms with Crippen molar-refractivity contribution < 1.29 is 13.6 Å². The third kappa shape index (κ3) is 3.15. The van der Waals surface area contributed by atoms with E-state index >= 15 is 0 Å². The Balaban J connectivity index is 1.43. The first kappa shape index (κ1) is 18.1. The molecule has 0 saturated carbocycles. The molecule has 0 spiro atoms. The molecule has 2 aliphatic heterocycles. The molecular formula is C24H22FNO3. The minimum atomic E-state index is -0.231. The molecular weight excluding hydrogens is 369 g/mol. The van der Waals surface area contributed by atoms with Gasteiger partial charge in [-0.3, -0.25) is 9.59 Å². The topological polar surface area (TPSA) is 50.5 Å². The van der Waals surface area contributed by atoms with E-state index in [9.17, 15) is 14.0 Å². The van der Waals surface area contributed by atoms with Gasteiger partial charge in [-0.05, 0) is 68.4 Å². The summed E-state index contributed by atoms with van der Waals surface area (Å²) in [5.41, 5.74) is 2.36. The summed E-state index contributed by atoms with van der Waals surface area (Å²) in [6, 6.07) is 13.7. The van der Waals surface area contributed by atoms with Gasteiger partial charge in [0.25, 0.3) is 5.91 Å². The predicted octanol–water partition coefficient (Wildman–Crippen LogP) is 4.79. The predicted molar refractivity (Wildman–Crippen MR) is 109 cm³/mol. The van der Waals surface area contributed by atoms with Gasteiger partial charge in [0, 0.05) is 18.2 Å². The Morgan fingerprint density at radius 1 is 1.03 bits per heavy atom. The van der Waals surface area contributed by atoms with E-state index in [1.54, 1.807) is 12.1 Å². The molecule has 2 aliphatic rings. The summed E-state index contributed by atoms with van der Waals surface area (Å²) >= 11 is 0. The van der Waals surface area contributed by atoms with Crippen LogP contribution in [0.1, 0.15) is 53.3 Å². The lowest BCUT2D eigenvalue weighted by Crippen LogP contribution is -2.46. The number of nitrogens with zero attached hydrogens (tertiary/aromatic N) is 1. The van der Waals surface area contributed by atoms with Crippen molar-refractivity contribution in [2.75, 3.05) is 0 Å². The van der Waals surface area contributed by atoms with Gasteiger partial charge >= 0.3 is 0 Å². The quantitative estimate of drug-likeness (QED) is 0.631. The number of benzene rings is 2. The van der Waals surface area contributed by atoms with Crippen LogP contribution in [0.5, 0.6) is 0 Å². The van der Waals surface area contributed by atoms with Crippen molar-refractivity contribution >= 4 is 16.9 Å². The van der Waals surface area contributed by atoms with Gasteiger partial charge in [0.15, 0.2) is 11.2 Å². The van der Waals surface area contributed by atoms with E-state index in [2.05, 4.69) is 0 Å². The minimum absolute atomic E-state index is 0.114. The van der Waals surface area contributed by atoms with Crippen molar-refractivity contribution in [3.05, 3.63) is 81.5 Å². The van der Waals surface area contributed by atoms with Crippen LogP contribution in [-0.4, -0.2) is 22.9 Å². The van der Waals surface area contributed by atoms with Gasteiger partial charge in [0.2, 0.25) is 0 Å². The average molecular weight is 391 g/mol. The first-order valence-corrected chi connectivity index (χ1v) is 10.1. The van der Waals surface area contributed by atoms with Gasteiger partial charge in [-0.2, -0.15) is 0 Å². The fraction of sp³-hybridized carbons (Fsp3) is 0.333. The summed E-state index contributed by atoms with van der Waals surface area (Å²) in [4.78, 5) is 27.7. The highest BCUT2D eigenvalue weighted by atomic mass is 19.1. The zero-order valence-electron chi connectivity index (χ0n) is 16.2. The summed E-state index contributed by atoms with van der Waals surface area (Å²) in [7, 11) is 0.